The molecule has 0 spiro atoms. The number of phenolic OH excluding ortho intramolecular Hbond substituents is 1. The second-order valence-electron chi connectivity index (χ2n) is 8.22. The first kappa shape index (κ1) is 28.3. The molecule has 0 saturated carbocycles. The van der Waals surface area contributed by atoms with Crippen LogP contribution in [0.25, 0.3) is 6.08 Å². The number of rotatable bonds is 11. The number of phenols is 1. The fourth-order valence-corrected chi connectivity index (χ4v) is 3.33. The lowest BCUT2D eigenvalue weighted by atomic mass is 9.98. The molecule has 1 fully saturated rings. The molecule has 1 aromatic carbocycles. The number of aromatic hydroxyl groups is 1. The van der Waals surface area contributed by atoms with Crippen molar-refractivity contribution in [2.75, 3.05) is 20.3 Å². The molecule has 6 unspecified atom stereocenters. The van der Waals surface area contributed by atoms with Crippen molar-refractivity contribution in [3.8, 4) is 17.2 Å². The zero-order valence-electron chi connectivity index (χ0n) is 19.1. The van der Waals surface area contributed by atoms with Crippen molar-refractivity contribution in [1.29, 1.82) is 0 Å². The average molecular weight is 502 g/mol. The standard InChI is InChI=1S/C22H30O13/c1-22(31,8-15(25)26)9-16(27)33-5-3-4-11-6-12(24)20(13(7-11)32-2)35-21-19(30)18(29)17(28)14(10-23)34-21/h3-4,6-7,14,17-19,21,23-24,28-31H,5,8-10H2,1-2H3,(H,25,26). The van der Waals surface area contributed by atoms with E-state index in [1.807, 2.05) is 0 Å². The highest BCUT2D eigenvalue weighted by atomic mass is 16.7. The zero-order chi connectivity index (χ0) is 26.3. The fraction of sp³-hybridized carbons (Fsp3) is 0.545. The topological polar surface area (TPSA) is 213 Å². The number of ether oxygens (including phenoxy) is 4. The molecule has 1 aliphatic rings. The third-order valence-electron chi connectivity index (χ3n) is 5.07. The van der Waals surface area contributed by atoms with Gasteiger partial charge in [-0.25, -0.2) is 0 Å². The SMILES string of the molecule is COc1cc(C=CCOC(=O)CC(C)(O)CC(=O)O)cc(O)c1OC1OC(CO)C(O)C(O)C1O. The van der Waals surface area contributed by atoms with Crippen LogP contribution in [0.15, 0.2) is 18.2 Å². The number of carbonyl (C=O) groups excluding carboxylic acids is 1. The molecule has 1 heterocycles. The van der Waals surface area contributed by atoms with Crippen molar-refractivity contribution >= 4 is 18.0 Å². The molecule has 1 aromatic rings. The molecule has 0 amide bonds. The minimum Gasteiger partial charge on any atom is -0.504 e. The minimum atomic E-state index is -1.75. The fourth-order valence-electron chi connectivity index (χ4n) is 3.33. The number of aliphatic hydroxyl groups is 5. The van der Waals surface area contributed by atoms with Gasteiger partial charge in [-0.2, -0.15) is 0 Å². The Morgan fingerprint density at radius 2 is 1.83 bits per heavy atom. The Morgan fingerprint density at radius 3 is 2.43 bits per heavy atom. The number of carbonyl (C=O) groups is 2. The van der Waals surface area contributed by atoms with Crippen molar-refractivity contribution in [3.63, 3.8) is 0 Å². The summed E-state index contributed by atoms with van der Waals surface area (Å²) in [6.45, 7) is 0.356. The van der Waals surface area contributed by atoms with Crippen molar-refractivity contribution in [2.24, 2.45) is 0 Å². The van der Waals surface area contributed by atoms with Crippen LogP contribution in [0.3, 0.4) is 0 Å². The van der Waals surface area contributed by atoms with Gasteiger partial charge in [0.1, 0.15) is 31.0 Å². The smallest absolute Gasteiger partial charge is 0.309 e. The van der Waals surface area contributed by atoms with Crippen LogP contribution in [0.5, 0.6) is 17.2 Å². The molecule has 2 rings (SSSR count). The highest BCUT2D eigenvalue weighted by Gasteiger charge is 2.45. The normalized spacial score (nSPS) is 26.2. The van der Waals surface area contributed by atoms with Crippen LogP contribution in [-0.2, 0) is 19.1 Å². The summed E-state index contributed by atoms with van der Waals surface area (Å²) in [6.07, 6.45) is -5.90. The molecule has 7 N–H and O–H groups in total. The van der Waals surface area contributed by atoms with Crippen LogP contribution < -0.4 is 9.47 Å². The number of methoxy groups -OCH3 is 1. The molecule has 0 aromatic heterocycles. The van der Waals surface area contributed by atoms with E-state index >= 15 is 0 Å². The molecule has 0 radical (unpaired) electrons. The van der Waals surface area contributed by atoms with Crippen molar-refractivity contribution in [1.82, 2.24) is 0 Å². The quantitative estimate of drug-likeness (QED) is 0.176. The summed E-state index contributed by atoms with van der Waals surface area (Å²) in [5.41, 5.74) is -1.35. The predicted octanol–water partition coefficient (Wildman–Crippen LogP) is -1.25. The highest BCUT2D eigenvalue weighted by Crippen LogP contribution is 2.40. The van der Waals surface area contributed by atoms with Gasteiger partial charge < -0.3 is 54.7 Å². The maximum absolute atomic E-state index is 11.8. The number of carboxylic acid groups (broad SMARTS) is 1. The summed E-state index contributed by atoms with van der Waals surface area (Å²) in [5, 5.41) is 68.2. The molecule has 35 heavy (non-hydrogen) atoms. The van der Waals surface area contributed by atoms with Crippen LogP contribution in [-0.4, -0.2) is 104 Å². The van der Waals surface area contributed by atoms with Crippen LogP contribution in [0.4, 0.5) is 0 Å². The predicted molar refractivity (Wildman–Crippen MR) is 117 cm³/mol. The van der Waals surface area contributed by atoms with Crippen molar-refractivity contribution < 1.29 is 64.3 Å². The van der Waals surface area contributed by atoms with Gasteiger partial charge in [0.05, 0.1) is 32.2 Å². The average Bonchev–Trinajstić information content (AvgIpc) is 2.76. The van der Waals surface area contributed by atoms with Gasteiger partial charge in [0.25, 0.3) is 0 Å². The van der Waals surface area contributed by atoms with Crippen molar-refractivity contribution in [3.05, 3.63) is 23.8 Å². The Bertz CT molecular complexity index is 911. The third-order valence-corrected chi connectivity index (χ3v) is 5.07. The van der Waals surface area contributed by atoms with Gasteiger partial charge in [0.2, 0.25) is 12.0 Å². The van der Waals surface area contributed by atoms with Crippen LogP contribution >= 0.6 is 0 Å². The van der Waals surface area contributed by atoms with E-state index in [1.54, 1.807) is 0 Å². The lowest BCUT2D eigenvalue weighted by Gasteiger charge is -2.39. The van der Waals surface area contributed by atoms with Gasteiger partial charge in [-0.15, -0.1) is 0 Å². The second-order valence-corrected chi connectivity index (χ2v) is 8.22. The molecule has 6 atom stereocenters. The summed E-state index contributed by atoms with van der Waals surface area (Å²) in [6, 6.07) is 2.70. The van der Waals surface area contributed by atoms with Gasteiger partial charge in [-0.1, -0.05) is 6.08 Å². The van der Waals surface area contributed by atoms with Crippen molar-refractivity contribution in [2.45, 2.75) is 56.1 Å². The van der Waals surface area contributed by atoms with Gasteiger partial charge in [-0.3, -0.25) is 9.59 Å². The van der Waals surface area contributed by atoms with Gasteiger partial charge in [-0.05, 0) is 30.7 Å². The van der Waals surface area contributed by atoms with Gasteiger partial charge in [0.15, 0.2) is 11.5 Å². The monoisotopic (exact) mass is 502 g/mol. The van der Waals surface area contributed by atoms with E-state index in [0.717, 1.165) is 0 Å². The zero-order valence-corrected chi connectivity index (χ0v) is 19.1. The number of benzene rings is 1. The molecular weight excluding hydrogens is 472 g/mol. The summed E-state index contributed by atoms with van der Waals surface area (Å²) >= 11 is 0. The van der Waals surface area contributed by atoms with Crippen LogP contribution in [0.1, 0.15) is 25.3 Å². The number of esters is 1. The number of aliphatic carboxylic acids is 1. The third kappa shape index (κ3) is 7.78. The second kappa shape index (κ2) is 12.2. The number of carboxylic acids is 1. The van der Waals surface area contributed by atoms with Crippen LogP contribution in [0.2, 0.25) is 0 Å². The number of hydrogen-bond donors (Lipinski definition) is 7. The lowest BCUT2D eigenvalue weighted by molar-refractivity contribution is -0.277. The van der Waals surface area contributed by atoms with E-state index in [1.165, 1.54) is 38.3 Å². The Hall–Kier alpha value is -2.94. The maximum atomic E-state index is 11.8. The van der Waals surface area contributed by atoms with E-state index in [0.29, 0.717) is 5.56 Å². The molecule has 1 aliphatic heterocycles. The van der Waals surface area contributed by atoms with E-state index in [4.69, 9.17) is 24.1 Å². The minimum absolute atomic E-state index is 0.0170. The molecule has 13 heteroatoms. The van der Waals surface area contributed by atoms with Gasteiger partial charge >= 0.3 is 11.9 Å². The van der Waals surface area contributed by atoms with E-state index in [9.17, 15) is 40.2 Å². The first-order chi connectivity index (χ1) is 16.4. The first-order valence-corrected chi connectivity index (χ1v) is 10.5. The Kier molecular flexibility index (Phi) is 9.82. The highest BCUT2D eigenvalue weighted by molar-refractivity contribution is 5.74. The molecule has 1 saturated heterocycles. The molecule has 13 nitrogen and oxygen atoms in total. The Morgan fingerprint density at radius 1 is 1.14 bits per heavy atom. The molecular formula is C22H30O13. The van der Waals surface area contributed by atoms with Gasteiger partial charge in [0, 0.05) is 0 Å². The first-order valence-electron chi connectivity index (χ1n) is 10.5. The number of hydrogen-bond acceptors (Lipinski definition) is 12. The van der Waals surface area contributed by atoms with Crippen LogP contribution in [0, 0.1) is 0 Å². The summed E-state index contributed by atoms with van der Waals surface area (Å²) in [5.74, 6) is -2.70. The summed E-state index contributed by atoms with van der Waals surface area (Å²) in [7, 11) is 1.28. The molecule has 0 bridgehead atoms. The Balaban J connectivity index is 2.04. The summed E-state index contributed by atoms with van der Waals surface area (Å²) < 4.78 is 20.9. The Labute approximate surface area is 200 Å². The number of aliphatic hydroxyl groups excluding tert-OH is 4. The maximum Gasteiger partial charge on any atom is 0.309 e. The molecule has 196 valence electrons. The summed E-state index contributed by atoms with van der Waals surface area (Å²) in [4.78, 5) is 22.5. The molecule has 0 aliphatic carbocycles. The van der Waals surface area contributed by atoms with E-state index < -0.39 is 73.4 Å². The van der Waals surface area contributed by atoms with E-state index in [-0.39, 0.29) is 18.1 Å². The largest absolute Gasteiger partial charge is 0.504 e. The lowest BCUT2D eigenvalue weighted by Crippen LogP contribution is -2.60. The van der Waals surface area contributed by atoms with E-state index in [2.05, 4.69) is 0 Å².